The van der Waals surface area contributed by atoms with Crippen LogP contribution in [0.1, 0.15) is 43.5 Å². The zero-order valence-corrected chi connectivity index (χ0v) is 12.5. The van der Waals surface area contributed by atoms with E-state index in [0.717, 1.165) is 44.1 Å². The summed E-state index contributed by atoms with van der Waals surface area (Å²) >= 11 is 0. The van der Waals surface area contributed by atoms with Crippen LogP contribution in [0.3, 0.4) is 0 Å². The van der Waals surface area contributed by atoms with Gasteiger partial charge in [-0.1, -0.05) is 37.3 Å². The number of rotatable bonds is 4. The van der Waals surface area contributed by atoms with E-state index >= 15 is 0 Å². The van der Waals surface area contributed by atoms with Crippen molar-refractivity contribution in [3.8, 4) is 0 Å². The van der Waals surface area contributed by atoms with Crippen LogP contribution in [-0.4, -0.2) is 34.3 Å². The number of H-pyrrole nitrogens is 1. The van der Waals surface area contributed by atoms with E-state index in [2.05, 4.69) is 46.3 Å². The number of nitrogens with two attached hydrogens (primary N) is 1. The molecule has 1 aromatic heterocycles. The Morgan fingerprint density at radius 1 is 1.29 bits per heavy atom. The number of nitrogens with zero attached hydrogens (tertiary/aromatic N) is 3. The second kappa shape index (κ2) is 6.26. The first-order valence-corrected chi connectivity index (χ1v) is 7.75. The van der Waals surface area contributed by atoms with E-state index in [9.17, 15) is 0 Å². The summed E-state index contributed by atoms with van der Waals surface area (Å²) in [6.07, 6.45) is 3.03. The first-order valence-electron chi connectivity index (χ1n) is 7.75. The highest BCUT2D eigenvalue weighted by Crippen LogP contribution is 2.26. The van der Waals surface area contributed by atoms with Gasteiger partial charge in [0.15, 0.2) is 0 Å². The molecular weight excluding hydrogens is 262 g/mol. The number of piperidine rings is 1. The fraction of sp³-hybridized carbons (Fsp3) is 0.500. The smallest absolute Gasteiger partial charge is 0.244 e. The molecule has 112 valence electrons. The highest BCUT2D eigenvalue weighted by molar-refractivity contribution is 5.33. The molecule has 3 rings (SSSR count). The Bertz CT molecular complexity index is 557. The van der Waals surface area contributed by atoms with Gasteiger partial charge in [0.05, 0.1) is 0 Å². The van der Waals surface area contributed by atoms with Crippen molar-refractivity contribution in [2.24, 2.45) is 5.73 Å². The van der Waals surface area contributed by atoms with E-state index in [4.69, 9.17) is 10.7 Å². The lowest BCUT2D eigenvalue weighted by molar-refractivity contribution is 0.496. The van der Waals surface area contributed by atoms with Crippen LogP contribution in [0.15, 0.2) is 30.3 Å². The van der Waals surface area contributed by atoms with Gasteiger partial charge >= 0.3 is 0 Å². The molecule has 1 atom stereocenters. The summed E-state index contributed by atoms with van der Waals surface area (Å²) in [5.41, 5.74) is 7.23. The second-order valence-corrected chi connectivity index (χ2v) is 5.72. The van der Waals surface area contributed by atoms with Crippen molar-refractivity contribution >= 4 is 5.95 Å². The lowest BCUT2D eigenvalue weighted by Gasteiger charge is -2.28. The Hall–Kier alpha value is -1.88. The molecule has 1 saturated heterocycles. The van der Waals surface area contributed by atoms with Crippen LogP contribution in [0.25, 0.3) is 0 Å². The van der Waals surface area contributed by atoms with Crippen LogP contribution in [0.2, 0.25) is 0 Å². The maximum Gasteiger partial charge on any atom is 0.244 e. The Balaban J connectivity index is 1.77. The minimum atomic E-state index is 0.277. The molecule has 1 aliphatic rings. The maximum absolute atomic E-state index is 5.95. The largest absolute Gasteiger partial charge is 0.339 e. The molecule has 0 spiro atoms. The second-order valence-electron chi connectivity index (χ2n) is 5.72. The van der Waals surface area contributed by atoms with E-state index in [0.29, 0.717) is 6.04 Å². The molecule has 1 aliphatic heterocycles. The van der Waals surface area contributed by atoms with Gasteiger partial charge in [-0.15, -0.1) is 5.10 Å². The third kappa shape index (κ3) is 3.08. The SMILES string of the molecule is CCC(c1ccccc1)c1nc(N2CCC(N)CC2)n[nH]1. The standard InChI is InChI=1S/C16H23N5/c1-2-14(12-6-4-3-5-7-12)15-18-16(20-19-15)21-10-8-13(17)9-11-21/h3-7,13-14H,2,8-11,17H2,1H3,(H,18,19,20). The van der Waals surface area contributed by atoms with Gasteiger partial charge in [0.2, 0.25) is 5.95 Å². The summed E-state index contributed by atoms with van der Waals surface area (Å²) in [7, 11) is 0. The van der Waals surface area contributed by atoms with Crippen molar-refractivity contribution < 1.29 is 0 Å². The minimum absolute atomic E-state index is 0.277. The molecule has 0 amide bonds. The molecule has 1 unspecified atom stereocenters. The highest BCUT2D eigenvalue weighted by Gasteiger charge is 2.22. The average molecular weight is 285 g/mol. The third-order valence-corrected chi connectivity index (χ3v) is 4.25. The summed E-state index contributed by atoms with van der Waals surface area (Å²) < 4.78 is 0. The van der Waals surface area contributed by atoms with Crippen molar-refractivity contribution in [1.29, 1.82) is 0 Å². The number of aromatic amines is 1. The molecule has 1 aromatic carbocycles. The number of nitrogens with one attached hydrogen (secondary N) is 1. The lowest BCUT2D eigenvalue weighted by Crippen LogP contribution is -2.40. The van der Waals surface area contributed by atoms with Gasteiger partial charge in [-0.3, -0.25) is 5.10 Å². The molecule has 0 aliphatic carbocycles. The van der Waals surface area contributed by atoms with E-state index < -0.39 is 0 Å². The Morgan fingerprint density at radius 3 is 2.67 bits per heavy atom. The zero-order chi connectivity index (χ0) is 14.7. The highest BCUT2D eigenvalue weighted by atomic mass is 15.4. The zero-order valence-electron chi connectivity index (χ0n) is 12.5. The summed E-state index contributed by atoms with van der Waals surface area (Å²) in [4.78, 5) is 6.95. The van der Waals surface area contributed by atoms with Crippen LogP contribution in [0.5, 0.6) is 0 Å². The maximum atomic E-state index is 5.95. The van der Waals surface area contributed by atoms with Crippen LogP contribution in [0.4, 0.5) is 5.95 Å². The first kappa shape index (κ1) is 14.1. The Morgan fingerprint density at radius 2 is 2.00 bits per heavy atom. The summed E-state index contributed by atoms with van der Waals surface area (Å²) in [6, 6.07) is 10.8. The molecule has 0 bridgehead atoms. The van der Waals surface area contributed by atoms with Crippen LogP contribution in [0, 0.1) is 0 Å². The fourth-order valence-electron chi connectivity index (χ4n) is 2.93. The predicted molar refractivity (Wildman–Crippen MR) is 84.4 cm³/mol. The van der Waals surface area contributed by atoms with Crippen molar-refractivity contribution in [2.75, 3.05) is 18.0 Å². The normalized spacial score (nSPS) is 17.9. The monoisotopic (exact) mass is 285 g/mol. The molecule has 1 fully saturated rings. The minimum Gasteiger partial charge on any atom is -0.339 e. The van der Waals surface area contributed by atoms with Gasteiger partial charge in [0, 0.05) is 25.0 Å². The van der Waals surface area contributed by atoms with Gasteiger partial charge in [-0.25, -0.2) is 0 Å². The number of aromatic nitrogens is 3. The van der Waals surface area contributed by atoms with E-state index in [-0.39, 0.29) is 5.92 Å². The Kier molecular flexibility index (Phi) is 4.20. The van der Waals surface area contributed by atoms with Crippen molar-refractivity contribution in [2.45, 2.75) is 38.1 Å². The van der Waals surface area contributed by atoms with E-state index in [1.54, 1.807) is 0 Å². The summed E-state index contributed by atoms with van der Waals surface area (Å²) in [6.45, 7) is 4.07. The number of hydrogen-bond acceptors (Lipinski definition) is 4. The number of anilines is 1. The first-order chi connectivity index (χ1) is 10.3. The molecular formula is C16H23N5. The van der Waals surface area contributed by atoms with Crippen molar-refractivity contribution in [3.05, 3.63) is 41.7 Å². The topological polar surface area (TPSA) is 70.8 Å². The van der Waals surface area contributed by atoms with E-state index in [1.165, 1.54) is 5.56 Å². The number of benzene rings is 1. The van der Waals surface area contributed by atoms with Gasteiger partial charge in [-0.2, -0.15) is 4.98 Å². The summed E-state index contributed by atoms with van der Waals surface area (Å²) in [5.74, 6) is 2.04. The molecule has 2 aromatic rings. The third-order valence-electron chi connectivity index (χ3n) is 4.25. The molecule has 0 radical (unpaired) electrons. The molecule has 21 heavy (non-hydrogen) atoms. The van der Waals surface area contributed by atoms with Crippen molar-refractivity contribution in [3.63, 3.8) is 0 Å². The van der Waals surface area contributed by atoms with E-state index in [1.807, 2.05) is 6.07 Å². The van der Waals surface area contributed by atoms with Crippen LogP contribution < -0.4 is 10.6 Å². The van der Waals surface area contributed by atoms with Gasteiger partial charge in [0.1, 0.15) is 5.82 Å². The fourth-order valence-corrected chi connectivity index (χ4v) is 2.93. The Labute approximate surface area is 125 Å². The molecule has 3 N–H and O–H groups in total. The van der Waals surface area contributed by atoms with Gasteiger partial charge in [-0.05, 0) is 24.8 Å². The average Bonchev–Trinajstić information content (AvgIpc) is 2.99. The molecule has 5 heteroatoms. The van der Waals surface area contributed by atoms with Crippen LogP contribution in [-0.2, 0) is 0 Å². The van der Waals surface area contributed by atoms with Crippen LogP contribution >= 0.6 is 0 Å². The van der Waals surface area contributed by atoms with Crippen molar-refractivity contribution in [1.82, 2.24) is 15.2 Å². The summed E-state index contributed by atoms with van der Waals surface area (Å²) in [5, 5.41) is 7.54. The molecule has 5 nitrogen and oxygen atoms in total. The predicted octanol–water partition coefficient (Wildman–Crippen LogP) is 2.27. The van der Waals surface area contributed by atoms with Gasteiger partial charge in [0.25, 0.3) is 0 Å². The molecule has 2 heterocycles. The quantitative estimate of drug-likeness (QED) is 0.904. The lowest BCUT2D eigenvalue weighted by atomic mass is 9.96. The molecule has 0 saturated carbocycles. The number of hydrogen-bond donors (Lipinski definition) is 2. The van der Waals surface area contributed by atoms with Gasteiger partial charge < -0.3 is 10.6 Å².